The third kappa shape index (κ3) is 4.80. The summed E-state index contributed by atoms with van der Waals surface area (Å²) in [5.74, 6) is 0.916. The molecule has 0 saturated heterocycles. The Balaban J connectivity index is 2.19. The minimum atomic E-state index is -3.06. The number of rotatable bonds is 7. The SMILES string of the molecule is CCNS(=O)(=O)CCNC(C)C1CCCC1. The third-order valence-corrected chi connectivity index (χ3v) is 4.78. The van der Waals surface area contributed by atoms with Crippen molar-refractivity contribution in [1.29, 1.82) is 0 Å². The summed E-state index contributed by atoms with van der Waals surface area (Å²) in [5.41, 5.74) is 0. The quantitative estimate of drug-likeness (QED) is 0.709. The highest BCUT2D eigenvalue weighted by molar-refractivity contribution is 7.89. The predicted octanol–water partition coefficient (Wildman–Crippen LogP) is 1.09. The van der Waals surface area contributed by atoms with Crippen molar-refractivity contribution in [1.82, 2.24) is 10.0 Å². The van der Waals surface area contributed by atoms with Crippen LogP contribution in [0, 0.1) is 5.92 Å². The summed E-state index contributed by atoms with van der Waals surface area (Å²) in [6.07, 6.45) is 5.22. The third-order valence-electron chi connectivity index (χ3n) is 3.31. The van der Waals surface area contributed by atoms with Crippen molar-refractivity contribution in [3.05, 3.63) is 0 Å². The molecule has 1 aliphatic rings. The van der Waals surface area contributed by atoms with E-state index in [0.29, 0.717) is 19.1 Å². The molecular formula is C11H24N2O2S. The molecule has 0 heterocycles. The summed E-state index contributed by atoms with van der Waals surface area (Å²) in [7, 11) is -3.06. The molecule has 0 aromatic heterocycles. The van der Waals surface area contributed by atoms with Gasteiger partial charge in [-0.25, -0.2) is 13.1 Å². The van der Waals surface area contributed by atoms with E-state index in [1.165, 1.54) is 25.7 Å². The Morgan fingerprint density at radius 3 is 2.50 bits per heavy atom. The summed E-state index contributed by atoms with van der Waals surface area (Å²) >= 11 is 0. The van der Waals surface area contributed by atoms with E-state index in [-0.39, 0.29) is 5.75 Å². The van der Waals surface area contributed by atoms with E-state index in [1.807, 2.05) is 0 Å². The fourth-order valence-electron chi connectivity index (χ4n) is 2.34. The van der Waals surface area contributed by atoms with E-state index in [1.54, 1.807) is 6.92 Å². The molecular weight excluding hydrogens is 224 g/mol. The smallest absolute Gasteiger partial charge is 0.212 e. The van der Waals surface area contributed by atoms with Gasteiger partial charge in [-0.3, -0.25) is 0 Å². The zero-order chi connectivity index (χ0) is 12.0. The molecule has 1 atom stereocenters. The van der Waals surface area contributed by atoms with E-state index >= 15 is 0 Å². The van der Waals surface area contributed by atoms with Gasteiger partial charge in [0.2, 0.25) is 10.0 Å². The van der Waals surface area contributed by atoms with Crippen LogP contribution in [0.15, 0.2) is 0 Å². The van der Waals surface area contributed by atoms with Crippen molar-refractivity contribution in [2.45, 2.75) is 45.6 Å². The Bertz CT molecular complexity index is 284. The highest BCUT2D eigenvalue weighted by Gasteiger charge is 2.21. The predicted molar refractivity (Wildman–Crippen MR) is 66.9 cm³/mol. The van der Waals surface area contributed by atoms with Gasteiger partial charge in [-0.15, -0.1) is 0 Å². The largest absolute Gasteiger partial charge is 0.313 e. The Labute approximate surface area is 99.2 Å². The highest BCUT2D eigenvalue weighted by atomic mass is 32.2. The van der Waals surface area contributed by atoms with Gasteiger partial charge in [0.1, 0.15) is 0 Å². The normalized spacial score (nSPS) is 20.1. The van der Waals surface area contributed by atoms with Gasteiger partial charge in [-0.1, -0.05) is 19.8 Å². The lowest BCUT2D eigenvalue weighted by molar-refractivity contribution is 0.389. The first-order valence-electron chi connectivity index (χ1n) is 6.26. The fraction of sp³-hybridized carbons (Fsp3) is 1.00. The van der Waals surface area contributed by atoms with Gasteiger partial charge >= 0.3 is 0 Å². The molecule has 1 rings (SSSR count). The molecule has 0 radical (unpaired) electrons. The second-order valence-corrected chi connectivity index (χ2v) is 6.53. The van der Waals surface area contributed by atoms with Crippen molar-refractivity contribution in [2.75, 3.05) is 18.8 Å². The number of nitrogens with one attached hydrogen (secondary N) is 2. The highest BCUT2D eigenvalue weighted by Crippen LogP contribution is 2.27. The van der Waals surface area contributed by atoms with Crippen LogP contribution >= 0.6 is 0 Å². The molecule has 1 saturated carbocycles. The zero-order valence-corrected chi connectivity index (χ0v) is 11.1. The number of hydrogen-bond donors (Lipinski definition) is 2. The molecule has 0 aromatic carbocycles. The minimum Gasteiger partial charge on any atom is -0.313 e. The minimum absolute atomic E-state index is 0.178. The van der Waals surface area contributed by atoms with E-state index in [4.69, 9.17) is 0 Å². The second-order valence-electron chi connectivity index (χ2n) is 4.60. The van der Waals surface area contributed by atoms with Crippen LogP contribution in [0.25, 0.3) is 0 Å². The van der Waals surface area contributed by atoms with Gasteiger partial charge in [-0.05, 0) is 25.7 Å². The molecule has 0 bridgehead atoms. The average molecular weight is 248 g/mol. The maximum atomic E-state index is 11.4. The lowest BCUT2D eigenvalue weighted by atomic mass is 10.00. The fourth-order valence-corrected chi connectivity index (χ4v) is 3.31. The van der Waals surface area contributed by atoms with Gasteiger partial charge in [0.25, 0.3) is 0 Å². The van der Waals surface area contributed by atoms with Crippen LogP contribution in [0.3, 0.4) is 0 Å². The molecule has 0 spiro atoms. The first-order valence-corrected chi connectivity index (χ1v) is 7.91. The van der Waals surface area contributed by atoms with Gasteiger partial charge in [0.15, 0.2) is 0 Å². The van der Waals surface area contributed by atoms with Crippen molar-refractivity contribution >= 4 is 10.0 Å². The zero-order valence-electron chi connectivity index (χ0n) is 10.3. The van der Waals surface area contributed by atoms with Gasteiger partial charge in [0, 0.05) is 19.1 Å². The lowest BCUT2D eigenvalue weighted by Gasteiger charge is -2.20. The Kier molecular flexibility index (Phi) is 5.72. The van der Waals surface area contributed by atoms with Gasteiger partial charge in [0.05, 0.1) is 5.75 Å². The molecule has 1 fully saturated rings. The first kappa shape index (κ1) is 13.9. The molecule has 2 N–H and O–H groups in total. The van der Waals surface area contributed by atoms with Crippen LogP contribution in [0.2, 0.25) is 0 Å². The van der Waals surface area contributed by atoms with Crippen LogP contribution < -0.4 is 10.0 Å². The summed E-state index contributed by atoms with van der Waals surface area (Å²) < 4.78 is 25.3. The monoisotopic (exact) mass is 248 g/mol. The van der Waals surface area contributed by atoms with Crippen molar-refractivity contribution in [3.63, 3.8) is 0 Å². The van der Waals surface area contributed by atoms with Gasteiger partial charge < -0.3 is 5.32 Å². The number of sulfonamides is 1. The van der Waals surface area contributed by atoms with Crippen LogP contribution in [-0.4, -0.2) is 33.3 Å². The summed E-state index contributed by atoms with van der Waals surface area (Å²) in [5, 5.41) is 3.32. The standard InChI is InChI=1S/C11H24N2O2S/c1-3-13-16(14,15)9-8-12-10(2)11-6-4-5-7-11/h10-13H,3-9H2,1-2H3. The molecule has 5 heteroatoms. The van der Waals surface area contributed by atoms with E-state index in [0.717, 1.165) is 5.92 Å². The molecule has 96 valence electrons. The molecule has 1 aliphatic carbocycles. The second kappa shape index (κ2) is 6.57. The van der Waals surface area contributed by atoms with Gasteiger partial charge in [-0.2, -0.15) is 0 Å². The van der Waals surface area contributed by atoms with Crippen molar-refractivity contribution in [3.8, 4) is 0 Å². The van der Waals surface area contributed by atoms with Crippen LogP contribution in [-0.2, 0) is 10.0 Å². The summed E-state index contributed by atoms with van der Waals surface area (Å²) in [4.78, 5) is 0. The Morgan fingerprint density at radius 2 is 1.94 bits per heavy atom. The summed E-state index contributed by atoms with van der Waals surface area (Å²) in [6, 6.07) is 0.444. The molecule has 0 aliphatic heterocycles. The summed E-state index contributed by atoms with van der Waals surface area (Å²) in [6.45, 7) is 4.98. The van der Waals surface area contributed by atoms with E-state index in [9.17, 15) is 8.42 Å². The Hall–Kier alpha value is -0.130. The Morgan fingerprint density at radius 1 is 1.31 bits per heavy atom. The van der Waals surface area contributed by atoms with Crippen molar-refractivity contribution in [2.24, 2.45) is 5.92 Å². The maximum Gasteiger partial charge on any atom is 0.212 e. The van der Waals surface area contributed by atoms with Crippen LogP contribution in [0.1, 0.15) is 39.5 Å². The molecule has 1 unspecified atom stereocenters. The lowest BCUT2D eigenvalue weighted by Crippen LogP contribution is -2.38. The van der Waals surface area contributed by atoms with Crippen molar-refractivity contribution < 1.29 is 8.42 Å². The molecule has 4 nitrogen and oxygen atoms in total. The van der Waals surface area contributed by atoms with E-state index < -0.39 is 10.0 Å². The maximum absolute atomic E-state index is 11.4. The average Bonchev–Trinajstić information content (AvgIpc) is 2.69. The topological polar surface area (TPSA) is 58.2 Å². The molecule has 16 heavy (non-hydrogen) atoms. The first-order chi connectivity index (χ1) is 7.55. The molecule has 0 amide bonds. The molecule has 0 aromatic rings. The number of hydrogen-bond acceptors (Lipinski definition) is 3. The van der Waals surface area contributed by atoms with E-state index in [2.05, 4.69) is 17.0 Å². The van der Waals surface area contributed by atoms with Crippen LogP contribution in [0.4, 0.5) is 0 Å². The van der Waals surface area contributed by atoms with Crippen LogP contribution in [0.5, 0.6) is 0 Å².